The number of piperidine rings is 1. The summed E-state index contributed by atoms with van der Waals surface area (Å²) in [5, 5.41) is 20.7. The molecule has 1 aromatic rings. The van der Waals surface area contributed by atoms with Crippen LogP contribution in [0.1, 0.15) is 43.2 Å². The molecule has 1 spiro atoms. The van der Waals surface area contributed by atoms with Gasteiger partial charge in [0.15, 0.2) is 23.4 Å². The van der Waals surface area contributed by atoms with Gasteiger partial charge in [0.2, 0.25) is 0 Å². The van der Waals surface area contributed by atoms with E-state index in [0.717, 1.165) is 24.1 Å². The van der Waals surface area contributed by atoms with Crippen LogP contribution in [0, 0.1) is 0 Å². The number of Topliss-reactive ketones (excluding diaryl/α,β-unsaturated/α-hetero) is 1. The normalized spacial score (nSPS) is 35.3. The second kappa shape index (κ2) is 5.94. The van der Waals surface area contributed by atoms with Gasteiger partial charge in [0.1, 0.15) is 0 Å². The van der Waals surface area contributed by atoms with Crippen molar-refractivity contribution < 1.29 is 29.3 Å². The molecule has 2 fully saturated rings. The van der Waals surface area contributed by atoms with Crippen LogP contribution in [0.15, 0.2) is 12.1 Å². The molecule has 2 aliphatic heterocycles. The number of rotatable bonds is 5. The van der Waals surface area contributed by atoms with Gasteiger partial charge in [-0.2, -0.15) is 0 Å². The number of hydrogen-bond acceptors (Lipinski definition) is 6. The van der Waals surface area contributed by atoms with Crippen molar-refractivity contribution in [1.29, 1.82) is 0 Å². The Balaban J connectivity index is 1.59. The summed E-state index contributed by atoms with van der Waals surface area (Å²) in [5.74, 6) is 0.316. The molecule has 0 radical (unpaired) electrons. The first-order valence-corrected chi connectivity index (χ1v) is 10.0. The van der Waals surface area contributed by atoms with Gasteiger partial charge < -0.3 is 24.6 Å². The van der Waals surface area contributed by atoms with Crippen LogP contribution in [0.25, 0.3) is 0 Å². The third-order valence-electron chi connectivity index (χ3n) is 7.30. The van der Waals surface area contributed by atoms with Crippen LogP contribution in [0.4, 0.5) is 0 Å². The Labute approximate surface area is 163 Å². The lowest BCUT2D eigenvalue weighted by atomic mass is 9.49. The third kappa shape index (κ3) is 2.12. The molecule has 4 atom stereocenters. The molecule has 4 aliphatic rings. The number of carbonyl (C=O) groups excluding carboxylic acids is 1. The molecule has 1 saturated carbocycles. The fraction of sp³-hybridized carbons (Fsp3) is 0.619. The maximum atomic E-state index is 12.8. The number of hydrogen-bond donors (Lipinski definition) is 2. The molecule has 7 nitrogen and oxygen atoms in total. The summed E-state index contributed by atoms with van der Waals surface area (Å²) in [6, 6.07) is 3.85. The van der Waals surface area contributed by atoms with E-state index >= 15 is 0 Å². The third-order valence-corrected chi connectivity index (χ3v) is 7.30. The van der Waals surface area contributed by atoms with Gasteiger partial charge in [-0.1, -0.05) is 6.07 Å². The van der Waals surface area contributed by atoms with Crippen LogP contribution in [0.5, 0.6) is 11.5 Å². The number of benzene rings is 1. The number of carboxylic acid groups (broad SMARTS) is 1. The van der Waals surface area contributed by atoms with Gasteiger partial charge in [-0.3, -0.25) is 9.59 Å². The fourth-order valence-electron chi connectivity index (χ4n) is 6.04. The molecule has 1 saturated heterocycles. The minimum absolute atomic E-state index is 0.0266. The first-order valence-electron chi connectivity index (χ1n) is 10.0. The standard InChI is InChI=1S/C21H25NO6/c1-22-9-8-20-17-12-4-5-14(27-10-2-3-16(24)25)18(17)28-19(20)13(23)6-7-21(20,26)15(22)11-12/h4-5,15,19,26H,2-3,6-11H2,1H3,(H,24,25)/t15-,19+,20+,21-/m1/s1. The van der Waals surface area contributed by atoms with Crippen molar-refractivity contribution in [3.05, 3.63) is 23.3 Å². The van der Waals surface area contributed by atoms with Gasteiger partial charge in [0.05, 0.1) is 17.6 Å². The van der Waals surface area contributed by atoms with Crippen molar-refractivity contribution in [1.82, 2.24) is 4.90 Å². The molecular formula is C21H25NO6. The highest BCUT2D eigenvalue weighted by molar-refractivity contribution is 5.90. The van der Waals surface area contributed by atoms with Crippen LogP contribution >= 0.6 is 0 Å². The molecule has 0 aromatic heterocycles. The zero-order valence-electron chi connectivity index (χ0n) is 15.9. The summed E-state index contributed by atoms with van der Waals surface area (Å²) in [5.41, 5.74) is 0.376. The van der Waals surface area contributed by atoms with E-state index in [9.17, 15) is 14.7 Å². The number of nitrogens with zero attached hydrogens (tertiary/aromatic N) is 1. The Morgan fingerprint density at radius 1 is 1.39 bits per heavy atom. The van der Waals surface area contributed by atoms with E-state index in [-0.39, 0.29) is 24.9 Å². The highest BCUT2D eigenvalue weighted by atomic mass is 16.5. The Morgan fingerprint density at radius 2 is 2.21 bits per heavy atom. The van der Waals surface area contributed by atoms with Gasteiger partial charge in [-0.25, -0.2) is 0 Å². The molecule has 2 heterocycles. The smallest absolute Gasteiger partial charge is 0.303 e. The maximum absolute atomic E-state index is 12.8. The Bertz CT molecular complexity index is 869. The Kier molecular flexibility index (Phi) is 3.81. The highest BCUT2D eigenvalue weighted by Crippen LogP contribution is 2.64. The van der Waals surface area contributed by atoms with Crippen molar-refractivity contribution in [2.75, 3.05) is 20.2 Å². The van der Waals surface area contributed by atoms with Crippen molar-refractivity contribution in [2.45, 2.75) is 61.7 Å². The largest absolute Gasteiger partial charge is 0.490 e. The summed E-state index contributed by atoms with van der Waals surface area (Å²) < 4.78 is 12.1. The van der Waals surface area contributed by atoms with Crippen LogP contribution in [0.2, 0.25) is 0 Å². The molecule has 2 aliphatic carbocycles. The molecule has 1 aromatic carbocycles. The van der Waals surface area contributed by atoms with Gasteiger partial charge in [0.25, 0.3) is 0 Å². The highest BCUT2D eigenvalue weighted by Gasteiger charge is 2.72. The summed E-state index contributed by atoms with van der Waals surface area (Å²) in [4.78, 5) is 25.8. The number of carbonyl (C=O) groups is 2. The summed E-state index contributed by atoms with van der Waals surface area (Å²) in [6.07, 6.45) is 1.96. The van der Waals surface area contributed by atoms with Gasteiger partial charge in [-0.05, 0) is 50.9 Å². The Morgan fingerprint density at radius 3 is 3.00 bits per heavy atom. The van der Waals surface area contributed by atoms with E-state index in [0.29, 0.717) is 37.2 Å². The van der Waals surface area contributed by atoms with Gasteiger partial charge >= 0.3 is 5.97 Å². The predicted molar refractivity (Wildman–Crippen MR) is 98.8 cm³/mol. The van der Waals surface area contributed by atoms with E-state index < -0.39 is 23.1 Å². The second-order valence-electron chi connectivity index (χ2n) is 8.58. The number of ether oxygens (including phenoxy) is 2. The molecule has 0 unspecified atom stereocenters. The van der Waals surface area contributed by atoms with Crippen molar-refractivity contribution in [3.8, 4) is 11.5 Å². The lowest BCUT2D eigenvalue weighted by molar-refractivity contribution is -0.185. The first kappa shape index (κ1) is 17.9. The molecule has 2 bridgehead atoms. The predicted octanol–water partition coefficient (Wildman–Crippen LogP) is 1.28. The minimum atomic E-state index is -0.987. The second-order valence-corrected chi connectivity index (χ2v) is 8.58. The lowest BCUT2D eigenvalue weighted by Gasteiger charge is -2.62. The van der Waals surface area contributed by atoms with Crippen molar-refractivity contribution in [2.24, 2.45) is 0 Å². The molecular weight excluding hydrogens is 362 g/mol. The van der Waals surface area contributed by atoms with Crippen LogP contribution < -0.4 is 9.47 Å². The minimum Gasteiger partial charge on any atom is -0.490 e. The molecule has 5 rings (SSSR count). The zero-order chi connectivity index (χ0) is 19.7. The van der Waals surface area contributed by atoms with Gasteiger partial charge in [0, 0.05) is 24.4 Å². The first-order chi connectivity index (χ1) is 13.4. The quantitative estimate of drug-likeness (QED) is 0.735. The molecule has 7 heteroatoms. The summed E-state index contributed by atoms with van der Waals surface area (Å²) in [7, 11) is 2.04. The molecule has 0 amide bonds. The topological polar surface area (TPSA) is 96.3 Å². The van der Waals surface area contributed by atoms with E-state index in [1.54, 1.807) is 0 Å². The number of likely N-dealkylation sites (N-methyl/N-ethyl adjacent to an activating group) is 1. The summed E-state index contributed by atoms with van der Waals surface area (Å²) in [6.45, 7) is 1.07. The van der Waals surface area contributed by atoms with Crippen molar-refractivity contribution >= 4 is 11.8 Å². The van der Waals surface area contributed by atoms with Crippen LogP contribution in [0.3, 0.4) is 0 Å². The lowest BCUT2D eigenvalue weighted by Crippen LogP contribution is -2.76. The van der Waals surface area contributed by atoms with Crippen LogP contribution in [-0.4, -0.2) is 64.8 Å². The van der Waals surface area contributed by atoms with Crippen molar-refractivity contribution in [3.63, 3.8) is 0 Å². The van der Waals surface area contributed by atoms with E-state index in [4.69, 9.17) is 14.6 Å². The molecule has 2 N–H and O–H groups in total. The number of carboxylic acids is 1. The average molecular weight is 387 g/mol. The maximum Gasteiger partial charge on any atom is 0.303 e. The number of likely N-dealkylation sites (tertiary alicyclic amines) is 1. The Hall–Kier alpha value is -2.12. The van der Waals surface area contributed by atoms with E-state index in [1.165, 1.54) is 0 Å². The number of ketones is 1. The number of aliphatic carboxylic acids is 1. The van der Waals surface area contributed by atoms with Gasteiger partial charge in [-0.15, -0.1) is 0 Å². The van der Waals surface area contributed by atoms with E-state index in [2.05, 4.69) is 4.90 Å². The SMILES string of the molecule is CN1CC[C@]23c4c5ccc(OCCCC(=O)O)c4O[C@H]2C(=O)CC[C@@]3(O)[C@H]1C5. The average Bonchev–Trinajstić information content (AvgIpc) is 3.01. The monoisotopic (exact) mass is 387 g/mol. The fourth-order valence-corrected chi connectivity index (χ4v) is 6.04. The molecule has 28 heavy (non-hydrogen) atoms. The molecule has 150 valence electrons. The zero-order valence-corrected chi connectivity index (χ0v) is 15.9. The van der Waals surface area contributed by atoms with E-state index in [1.807, 2.05) is 19.2 Å². The summed E-state index contributed by atoms with van der Waals surface area (Å²) >= 11 is 0. The number of aliphatic hydroxyl groups is 1. The van der Waals surface area contributed by atoms with Crippen LogP contribution in [-0.2, 0) is 21.4 Å².